The molecule has 4 N–H and O–H groups in total. The minimum absolute atomic E-state index is 0. The van der Waals surface area contributed by atoms with Crippen LogP contribution in [-0.4, -0.2) is 13.9 Å². The summed E-state index contributed by atoms with van der Waals surface area (Å²) < 4.78 is 7.85. The van der Waals surface area contributed by atoms with Crippen molar-refractivity contribution in [2.75, 3.05) is 0 Å². The second-order valence-corrected chi connectivity index (χ2v) is 2.44. The number of phenolic OH excluding ortho intramolecular Hbond substituents is 1. The van der Waals surface area contributed by atoms with Gasteiger partial charge in [0.2, 0.25) is 0 Å². The van der Waals surface area contributed by atoms with Gasteiger partial charge in [0.15, 0.2) is 0 Å². The van der Waals surface area contributed by atoms with Crippen molar-refractivity contribution >= 4 is 22.8 Å². The second kappa shape index (κ2) is 2.81. The Labute approximate surface area is 67.4 Å². The zero-order valence-electron chi connectivity index (χ0n) is 5.69. The Morgan fingerprint density at radius 2 is 2.09 bits per heavy atom. The molecule has 1 aromatic carbocycles. The van der Waals surface area contributed by atoms with Gasteiger partial charge in [0.25, 0.3) is 0 Å². The molecule has 0 fully saturated rings. The fraction of sp³-hybridized carbons (Fsp3) is 0. The molecular formula is C6H7N3OS. The summed E-state index contributed by atoms with van der Waals surface area (Å²) in [4.78, 5) is 0. The maximum atomic E-state index is 9.16. The van der Waals surface area contributed by atoms with Crippen molar-refractivity contribution in [3.05, 3.63) is 18.2 Å². The van der Waals surface area contributed by atoms with Gasteiger partial charge >= 0.3 is 0 Å². The Hall–Kier alpha value is -1.20. The summed E-state index contributed by atoms with van der Waals surface area (Å²) in [5.74, 6) is 0.200. The van der Waals surface area contributed by atoms with Gasteiger partial charge in [-0.05, 0) is 12.1 Å². The van der Waals surface area contributed by atoms with Crippen LogP contribution >= 0.6 is 11.7 Å². The molecule has 0 amide bonds. The van der Waals surface area contributed by atoms with Crippen molar-refractivity contribution in [2.24, 2.45) is 0 Å². The molecule has 11 heavy (non-hydrogen) atoms. The topological polar surface area (TPSA) is 81.0 Å². The molecular weight excluding hydrogens is 162 g/mol. The average Bonchev–Trinajstić information content (AvgIpc) is 2.36. The van der Waals surface area contributed by atoms with E-state index in [-0.39, 0.29) is 11.9 Å². The van der Waals surface area contributed by atoms with Crippen molar-refractivity contribution in [3.8, 4) is 5.75 Å². The molecule has 0 aliphatic heterocycles. The van der Waals surface area contributed by atoms with E-state index < -0.39 is 0 Å². The van der Waals surface area contributed by atoms with E-state index in [9.17, 15) is 0 Å². The van der Waals surface area contributed by atoms with Crippen LogP contribution in [0.5, 0.6) is 5.75 Å². The lowest BCUT2D eigenvalue weighted by Gasteiger charge is -1.87. The normalized spacial score (nSPS) is 9.45. The monoisotopic (exact) mass is 169 g/mol. The lowest BCUT2D eigenvalue weighted by molar-refractivity contribution is 0.480. The summed E-state index contributed by atoms with van der Waals surface area (Å²) in [6, 6.07) is 5.17. The fourth-order valence-corrected chi connectivity index (χ4v) is 1.34. The third-order valence-electron chi connectivity index (χ3n) is 1.26. The largest absolute Gasteiger partial charge is 0.506 e. The van der Waals surface area contributed by atoms with E-state index in [1.807, 2.05) is 6.07 Å². The lowest BCUT2D eigenvalue weighted by Crippen LogP contribution is -1.68. The predicted molar refractivity (Wildman–Crippen MR) is 44.1 cm³/mol. The molecule has 0 bridgehead atoms. The minimum Gasteiger partial charge on any atom is -0.506 e. The predicted octanol–water partition coefficient (Wildman–Crippen LogP) is 1.56. The first kappa shape index (κ1) is 7.90. The van der Waals surface area contributed by atoms with E-state index in [0.717, 1.165) is 17.2 Å². The smallest absolute Gasteiger partial charge is 0.146 e. The third-order valence-corrected chi connectivity index (χ3v) is 1.81. The zero-order chi connectivity index (χ0) is 6.97. The van der Waals surface area contributed by atoms with Gasteiger partial charge in [0.1, 0.15) is 16.8 Å². The van der Waals surface area contributed by atoms with Gasteiger partial charge in [0.05, 0.1) is 11.7 Å². The van der Waals surface area contributed by atoms with Crippen LogP contribution in [0.15, 0.2) is 18.2 Å². The number of hydrogen-bond donors (Lipinski definition) is 2. The number of nitrogens with zero attached hydrogens (tertiary/aromatic N) is 2. The number of benzene rings is 1. The zero-order valence-corrected chi connectivity index (χ0v) is 6.51. The van der Waals surface area contributed by atoms with Gasteiger partial charge in [-0.15, -0.1) is 0 Å². The Morgan fingerprint density at radius 1 is 1.27 bits per heavy atom. The summed E-state index contributed by atoms with van der Waals surface area (Å²) in [5, 5.41) is 9.16. The second-order valence-electron chi connectivity index (χ2n) is 1.91. The van der Waals surface area contributed by atoms with Crippen molar-refractivity contribution in [1.82, 2.24) is 14.9 Å². The molecule has 0 saturated carbocycles. The minimum atomic E-state index is 0. The standard InChI is InChI=1S/C6H4N2OS.H3N/c9-5-3-1-2-4-6(5)8-10-7-4;/h1-3,9H;1H3. The first-order chi connectivity index (χ1) is 4.88. The number of fused-ring (bicyclic) bond motifs is 1. The molecule has 0 radical (unpaired) electrons. The van der Waals surface area contributed by atoms with E-state index in [1.54, 1.807) is 12.1 Å². The fourth-order valence-electron chi connectivity index (χ4n) is 0.792. The quantitative estimate of drug-likeness (QED) is 0.627. The molecule has 2 aromatic rings. The molecule has 2 rings (SSSR count). The van der Waals surface area contributed by atoms with Crippen LogP contribution in [0.25, 0.3) is 11.0 Å². The summed E-state index contributed by atoms with van der Waals surface area (Å²) in [6.07, 6.45) is 0. The summed E-state index contributed by atoms with van der Waals surface area (Å²) in [7, 11) is 0. The van der Waals surface area contributed by atoms with E-state index in [4.69, 9.17) is 5.11 Å². The Morgan fingerprint density at radius 3 is 2.82 bits per heavy atom. The molecule has 0 aliphatic carbocycles. The van der Waals surface area contributed by atoms with Crippen molar-refractivity contribution < 1.29 is 5.11 Å². The molecule has 0 atom stereocenters. The molecule has 0 spiro atoms. The molecule has 0 aliphatic rings. The van der Waals surface area contributed by atoms with Gasteiger partial charge in [-0.2, -0.15) is 8.75 Å². The Bertz CT molecular complexity index is 359. The SMILES string of the molecule is N.Oc1cccc2nsnc12. The van der Waals surface area contributed by atoms with Gasteiger partial charge in [0, 0.05) is 0 Å². The number of phenols is 1. The highest BCUT2D eigenvalue weighted by atomic mass is 32.1. The summed E-state index contributed by atoms with van der Waals surface area (Å²) in [6.45, 7) is 0. The highest BCUT2D eigenvalue weighted by molar-refractivity contribution is 7.00. The van der Waals surface area contributed by atoms with E-state index >= 15 is 0 Å². The summed E-state index contributed by atoms with van der Waals surface area (Å²) >= 11 is 1.11. The Balaban J connectivity index is 0.000000605. The molecule has 4 nitrogen and oxygen atoms in total. The molecule has 0 saturated heterocycles. The molecule has 1 aromatic heterocycles. The Kier molecular flexibility index (Phi) is 2.02. The molecule has 5 heteroatoms. The van der Waals surface area contributed by atoms with Crippen molar-refractivity contribution in [1.29, 1.82) is 0 Å². The van der Waals surface area contributed by atoms with Crippen molar-refractivity contribution in [2.45, 2.75) is 0 Å². The first-order valence-electron chi connectivity index (χ1n) is 2.78. The van der Waals surface area contributed by atoms with E-state index in [1.165, 1.54) is 0 Å². The van der Waals surface area contributed by atoms with Gasteiger partial charge < -0.3 is 11.3 Å². The lowest BCUT2D eigenvalue weighted by atomic mass is 10.3. The highest BCUT2D eigenvalue weighted by Gasteiger charge is 2.00. The van der Waals surface area contributed by atoms with Gasteiger partial charge in [-0.1, -0.05) is 6.07 Å². The van der Waals surface area contributed by atoms with E-state index in [0.29, 0.717) is 5.52 Å². The number of hydrogen-bond acceptors (Lipinski definition) is 5. The molecule has 0 unspecified atom stereocenters. The van der Waals surface area contributed by atoms with Crippen LogP contribution in [0.1, 0.15) is 0 Å². The van der Waals surface area contributed by atoms with Gasteiger partial charge in [-0.3, -0.25) is 0 Å². The van der Waals surface area contributed by atoms with Crippen LogP contribution in [0.2, 0.25) is 0 Å². The molecule has 58 valence electrons. The highest BCUT2D eigenvalue weighted by Crippen LogP contribution is 2.20. The maximum absolute atomic E-state index is 9.16. The van der Waals surface area contributed by atoms with Crippen LogP contribution < -0.4 is 6.15 Å². The van der Waals surface area contributed by atoms with Crippen LogP contribution in [0.4, 0.5) is 0 Å². The summed E-state index contributed by atoms with van der Waals surface area (Å²) in [5.41, 5.74) is 1.34. The van der Waals surface area contributed by atoms with Crippen molar-refractivity contribution in [3.63, 3.8) is 0 Å². The first-order valence-corrected chi connectivity index (χ1v) is 3.51. The van der Waals surface area contributed by atoms with Crippen LogP contribution in [0.3, 0.4) is 0 Å². The van der Waals surface area contributed by atoms with Crippen LogP contribution in [-0.2, 0) is 0 Å². The average molecular weight is 169 g/mol. The number of rotatable bonds is 0. The number of aromatic nitrogens is 2. The van der Waals surface area contributed by atoms with Gasteiger partial charge in [-0.25, -0.2) is 0 Å². The van der Waals surface area contributed by atoms with E-state index in [2.05, 4.69) is 8.75 Å². The molecule has 1 heterocycles. The third kappa shape index (κ3) is 1.15. The van der Waals surface area contributed by atoms with Crippen LogP contribution in [0, 0.1) is 0 Å². The number of aromatic hydroxyl groups is 1. The maximum Gasteiger partial charge on any atom is 0.146 e.